The molecule has 0 saturated carbocycles. The number of halogens is 1. The van der Waals surface area contributed by atoms with Gasteiger partial charge in [0, 0.05) is 18.1 Å². The second-order valence-corrected chi connectivity index (χ2v) is 8.58. The van der Waals surface area contributed by atoms with Crippen LogP contribution in [-0.2, 0) is 28.8 Å². The summed E-state index contributed by atoms with van der Waals surface area (Å²) in [4.78, 5) is 19.6. The van der Waals surface area contributed by atoms with E-state index in [-0.39, 0.29) is 18.2 Å². The molecule has 0 aliphatic rings. The first-order valence-corrected chi connectivity index (χ1v) is 11.7. The molecule has 0 aliphatic carbocycles. The second-order valence-electron chi connectivity index (χ2n) is 7.39. The van der Waals surface area contributed by atoms with Gasteiger partial charge in [-0.25, -0.2) is 8.96 Å². The smallest absolute Gasteiger partial charge is 0.285 e. The highest BCUT2D eigenvalue weighted by molar-refractivity contribution is 7.44. The van der Waals surface area contributed by atoms with Crippen LogP contribution in [0.3, 0.4) is 0 Å². The van der Waals surface area contributed by atoms with Gasteiger partial charge in [-0.05, 0) is 35.9 Å². The summed E-state index contributed by atoms with van der Waals surface area (Å²) in [5, 5.41) is 4.07. The number of rotatable bonds is 9. The van der Waals surface area contributed by atoms with Crippen LogP contribution in [0.1, 0.15) is 16.8 Å². The van der Waals surface area contributed by atoms with E-state index in [0.29, 0.717) is 34.8 Å². The van der Waals surface area contributed by atoms with Crippen LogP contribution in [0.15, 0.2) is 77.4 Å². The lowest BCUT2D eigenvalue weighted by molar-refractivity contribution is -0.712. The number of nitrogens with zero attached hydrogens (tertiary/aromatic N) is 2. The van der Waals surface area contributed by atoms with Crippen LogP contribution in [0.2, 0.25) is 0 Å². The van der Waals surface area contributed by atoms with Gasteiger partial charge in [0.1, 0.15) is 23.7 Å². The third kappa shape index (κ3) is 6.06. The number of aromatic nitrogens is 2. The highest BCUT2D eigenvalue weighted by atomic mass is 31.2. The predicted molar refractivity (Wildman–Crippen MR) is 117 cm³/mol. The van der Waals surface area contributed by atoms with Crippen molar-refractivity contribution >= 4 is 13.6 Å². The number of hydrogen-bond donors (Lipinski definition) is 2. The van der Waals surface area contributed by atoms with E-state index in [1.54, 1.807) is 48.5 Å². The average molecular weight is 485 g/mol. The summed E-state index contributed by atoms with van der Waals surface area (Å²) in [5.41, 5.74) is 8.66. The molecule has 0 bridgehead atoms. The van der Waals surface area contributed by atoms with E-state index < -0.39 is 14.6 Å². The van der Waals surface area contributed by atoms with E-state index in [9.17, 15) is 13.8 Å². The number of hydrogen-bond acceptors (Lipinski definition) is 7. The molecule has 0 spiro atoms. The van der Waals surface area contributed by atoms with Gasteiger partial charge in [-0.1, -0.05) is 35.5 Å². The molecular weight excluding hydrogens is 464 g/mol. The Morgan fingerprint density at radius 1 is 1.15 bits per heavy atom. The Morgan fingerprint density at radius 2 is 1.91 bits per heavy atom. The summed E-state index contributed by atoms with van der Waals surface area (Å²) >= 11 is 0. The molecule has 11 heteroatoms. The molecule has 2 heterocycles. The molecule has 4 rings (SSSR count). The van der Waals surface area contributed by atoms with Gasteiger partial charge in [0.15, 0.2) is 12.5 Å². The lowest BCUT2D eigenvalue weighted by atomic mass is 10.1. The average Bonchev–Trinajstić information content (AvgIpc) is 3.26. The molecule has 176 valence electrons. The summed E-state index contributed by atoms with van der Waals surface area (Å²) in [7, 11) is -4.89. The topological polar surface area (TPSA) is 135 Å². The summed E-state index contributed by atoms with van der Waals surface area (Å²) < 4.78 is 41.3. The van der Waals surface area contributed by atoms with E-state index in [4.69, 9.17) is 19.9 Å². The van der Waals surface area contributed by atoms with Crippen molar-refractivity contribution in [2.75, 3.05) is 5.73 Å². The van der Waals surface area contributed by atoms with Gasteiger partial charge in [0.2, 0.25) is 0 Å². The fourth-order valence-electron chi connectivity index (χ4n) is 3.23. The predicted octanol–water partition coefficient (Wildman–Crippen LogP) is 2.96. The number of phosphoric acid groups is 1. The van der Waals surface area contributed by atoms with Gasteiger partial charge < -0.3 is 19.0 Å². The maximum absolute atomic E-state index is 13.7. The fraction of sp³-hybridized carbons (Fsp3) is 0.130. The lowest BCUT2D eigenvalue weighted by Crippen LogP contribution is -2.38. The molecule has 0 amide bonds. The van der Waals surface area contributed by atoms with Crippen molar-refractivity contribution < 1.29 is 37.1 Å². The Hall–Kier alpha value is -3.56. The zero-order valence-corrected chi connectivity index (χ0v) is 18.7. The van der Waals surface area contributed by atoms with Gasteiger partial charge >= 0.3 is 0 Å². The van der Waals surface area contributed by atoms with Crippen LogP contribution < -0.4 is 19.9 Å². The molecule has 34 heavy (non-hydrogen) atoms. The summed E-state index contributed by atoms with van der Waals surface area (Å²) in [6, 6.07) is 18.8. The summed E-state index contributed by atoms with van der Waals surface area (Å²) in [6.07, 6.45) is 1.98. The molecule has 9 nitrogen and oxygen atoms in total. The molecule has 4 aromatic rings. The van der Waals surface area contributed by atoms with E-state index in [1.807, 2.05) is 12.1 Å². The Labute approximate surface area is 194 Å². The van der Waals surface area contributed by atoms with Crippen molar-refractivity contribution in [3.63, 3.8) is 0 Å². The van der Waals surface area contributed by atoms with Gasteiger partial charge in [0.05, 0.1) is 11.9 Å². The molecule has 1 atom stereocenters. The third-order valence-electron chi connectivity index (χ3n) is 4.96. The van der Waals surface area contributed by atoms with Crippen LogP contribution >= 0.6 is 7.82 Å². The SMILES string of the molecule is Nc1c(-c2cc(Cc3ccc(OCc4ccccc4F)cc3)no2)ccc[n+]1COP(=O)([O-])O. The van der Waals surface area contributed by atoms with Crippen molar-refractivity contribution in [2.24, 2.45) is 0 Å². The summed E-state index contributed by atoms with van der Waals surface area (Å²) in [5.74, 6) is 0.870. The van der Waals surface area contributed by atoms with Crippen molar-refractivity contribution in [3.05, 3.63) is 95.6 Å². The van der Waals surface area contributed by atoms with Crippen molar-refractivity contribution in [2.45, 2.75) is 19.8 Å². The number of anilines is 1. The molecule has 2 aromatic carbocycles. The first-order chi connectivity index (χ1) is 16.3. The van der Waals surface area contributed by atoms with E-state index >= 15 is 0 Å². The minimum absolute atomic E-state index is 0.132. The van der Waals surface area contributed by atoms with Gasteiger partial charge in [-0.2, -0.15) is 0 Å². The number of phosphoric ester groups is 1. The molecule has 0 saturated heterocycles. The first kappa shape index (κ1) is 23.6. The Balaban J connectivity index is 1.40. The number of nitrogen functional groups attached to an aromatic ring is 1. The lowest BCUT2D eigenvalue weighted by Gasteiger charge is -2.14. The Bertz CT molecular complexity index is 1320. The number of pyridine rings is 1. The zero-order chi connectivity index (χ0) is 24.1. The number of nitrogens with two attached hydrogens (primary N) is 1. The summed E-state index contributed by atoms with van der Waals surface area (Å²) in [6.45, 7) is -0.351. The first-order valence-electron chi connectivity index (χ1n) is 10.2. The maximum atomic E-state index is 13.7. The van der Waals surface area contributed by atoms with E-state index in [0.717, 1.165) is 5.56 Å². The van der Waals surface area contributed by atoms with Crippen molar-refractivity contribution in [1.82, 2.24) is 5.16 Å². The van der Waals surface area contributed by atoms with E-state index in [1.165, 1.54) is 16.8 Å². The third-order valence-corrected chi connectivity index (χ3v) is 5.40. The highest BCUT2D eigenvalue weighted by Crippen LogP contribution is 2.30. The normalized spacial score (nSPS) is 12.9. The monoisotopic (exact) mass is 485 g/mol. The van der Waals surface area contributed by atoms with Crippen LogP contribution in [0.4, 0.5) is 10.2 Å². The Kier molecular flexibility index (Phi) is 7.04. The molecule has 0 aliphatic heterocycles. The number of ether oxygens (including phenoxy) is 1. The largest absolute Gasteiger partial charge is 0.756 e. The minimum atomic E-state index is -4.89. The molecular formula is C23H21FN3O6P. The molecule has 0 fully saturated rings. The standard InChI is InChI=1S/C23H21FN3O6P/c24-21-6-2-1-4-17(21)14-31-19-9-7-16(8-10-19)12-18-13-22(33-26-18)20-5-3-11-27(23(20)25)15-32-34(28,29)30/h1-11,13,25H,12,14-15H2,(H2,28,29,30). The van der Waals surface area contributed by atoms with Gasteiger partial charge in [-0.15, -0.1) is 0 Å². The quantitative estimate of drug-likeness (QED) is 0.273. The zero-order valence-electron chi connectivity index (χ0n) is 17.8. The maximum Gasteiger partial charge on any atom is 0.285 e. The van der Waals surface area contributed by atoms with Crippen molar-refractivity contribution in [1.29, 1.82) is 0 Å². The Morgan fingerprint density at radius 3 is 2.65 bits per heavy atom. The van der Waals surface area contributed by atoms with Crippen LogP contribution in [0.5, 0.6) is 5.75 Å². The molecule has 2 aromatic heterocycles. The van der Waals surface area contributed by atoms with Crippen LogP contribution in [0.25, 0.3) is 11.3 Å². The minimum Gasteiger partial charge on any atom is -0.756 e. The highest BCUT2D eigenvalue weighted by Gasteiger charge is 2.18. The number of benzene rings is 2. The van der Waals surface area contributed by atoms with Crippen molar-refractivity contribution in [3.8, 4) is 17.1 Å². The van der Waals surface area contributed by atoms with Gasteiger partial charge in [0.25, 0.3) is 13.6 Å². The fourth-order valence-corrected chi connectivity index (χ4v) is 3.50. The van der Waals surface area contributed by atoms with Gasteiger partial charge in [-0.3, -0.25) is 14.8 Å². The van der Waals surface area contributed by atoms with E-state index in [2.05, 4.69) is 9.68 Å². The molecule has 0 radical (unpaired) electrons. The second kappa shape index (κ2) is 10.1. The molecule has 1 unspecified atom stereocenters. The van der Waals surface area contributed by atoms with Crippen LogP contribution in [0, 0.1) is 5.82 Å². The van der Waals surface area contributed by atoms with Crippen LogP contribution in [-0.4, -0.2) is 10.1 Å². The molecule has 3 N–H and O–H groups in total.